The zero-order valence-corrected chi connectivity index (χ0v) is 12.0. The van der Waals surface area contributed by atoms with Crippen molar-refractivity contribution in [2.75, 3.05) is 13.1 Å². The first-order valence-electron chi connectivity index (χ1n) is 7.05. The smallest absolute Gasteiger partial charge is 0.270 e. The summed E-state index contributed by atoms with van der Waals surface area (Å²) in [6, 6.07) is 8.07. The summed E-state index contributed by atoms with van der Waals surface area (Å²) in [5.41, 5.74) is 2.83. The highest BCUT2D eigenvalue weighted by Gasteiger charge is 2.19. The van der Waals surface area contributed by atoms with Crippen LogP contribution < -0.4 is 0 Å². The van der Waals surface area contributed by atoms with E-state index in [2.05, 4.69) is 24.9 Å². The Kier molecular flexibility index (Phi) is 4.25. The highest BCUT2D eigenvalue weighted by molar-refractivity contribution is 6.00. The van der Waals surface area contributed by atoms with E-state index in [0.717, 1.165) is 48.1 Å². The predicted molar refractivity (Wildman–Crippen MR) is 79.5 cm³/mol. The summed E-state index contributed by atoms with van der Waals surface area (Å²) in [5.74, 6) is 0.123. The third kappa shape index (κ3) is 2.65. The van der Waals surface area contributed by atoms with Crippen LogP contribution >= 0.6 is 0 Å². The molecule has 0 aliphatic rings. The van der Waals surface area contributed by atoms with Crippen molar-refractivity contribution < 1.29 is 4.79 Å². The lowest BCUT2D eigenvalue weighted by atomic mass is 10.1. The fourth-order valence-electron chi connectivity index (χ4n) is 2.51. The van der Waals surface area contributed by atoms with Crippen LogP contribution in [-0.4, -0.2) is 28.9 Å². The van der Waals surface area contributed by atoms with Gasteiger partial charge in [0.15, 0.2) is 0 Å². The van der Waals surface area contributed by atoms with Crippen LogP contribution in [0.1, 0.15) is 42.7 Å². The molecular weight excluding hydrogens is 236 g/mol. The molecule has 0 radical (unpaired) electrons. The molecule has 3 nitrogen and oxygen atoms in total. The number of carbonyl (C=O) groups excluding carboxylic acids is 1. The molecule has 1 heterocycles. The summed E-state index contributed by atoms with van der Waals surface area (Å²) < 4.78 is 0. The van der Waals surface area contributed by atoms with Gasteiger partial charge in [-0.05, 0) is 31.4 Å². The number of hydrogen-bond acceptors (Lipinski definition) is 1. The Morgan fingerprint density at radius 3 is 2.37 bits per heavy atom. The minimum Gasteiger partial charge on any atom is -0.350 e. The van der Waals surface area contributed by atoms with E-state index in [1.807, 2.05) is 30.0 Å². The molecule has 102 valence electrons. The molecule has 0 aliphatic carbocycles. The number of nitrogens with one attached hydrogen (secondary N) is 1. The second-order valence-electron chi connectivity index (χ2n) is 4.96. The number of aryl methyl sites for hydroxylation is 1. The van der Waals surface area contributed by atoms with Crippen LogP contribution in [0.4, 0.5) is 0 Å². The van der Waals surface area contributed by atoms with Crippen LogP contribution in [0, 0.1) is 6.92 Å². The zero-order chi connectivity index (χ0) is 13.8. The second kappa shape index (κ2) is 5.91. The van der Waals surface area contributed by atoms with Crippen molar-refractivity contribution >= 4 is 16.8 Å². The van der Waals surface area contributed by atoms with E-state index in [9.17, 15) is 4.79 Å². The number of amides is 1. The molecule has 0 atom stereocenters. The highest BCUT2D eigenvalue weighted by Crippen LogP contribution is 2.22. The molecule has 0 unspecified atom stereocenters. The fourth-order valence-corrected chi connectivity index (χ4v) is 2.51. The molecule has 1 aromatic heterocycles. The highest BCUT2D eigenvalue weighted by atomic mass is 16.2. The lowest BCUT2D eigenvalue weighted by Crippen LogP contribution is -2.33. The molecule has 0 saturated heterocycles. The molecule has 0 spiro atoms. The molecule has 2 rings (SSSR count). The van der Waals surface area contributed by atoms with Gasteiger partial charge in [0.1, 0.15) is 5.69 Å². The van der Waals surface area contributed by atoms with Gasteiger partial charge in [-0.1, -0.05) is 32.0 Å². The van der Waals surface area contributed by atoms with Crippen LogP contribution in [0.5, 0.6) is 0 Å². The van der Waals surface area contributed by atoms with Crippen LogP contribution in [0.2, 0.25) is 0 Å². The Morgan fingerprint density at radius 1 is 1.16 bits per heavy atom. The number of H-pyrrole nitrogens is 1. The monoisotopic (exact) mass is 258 g/mol. The molecule has 0 aliphatic heterocycles. The minimum absolute atomic E-state index is 0.123. The van der Waals surface area contributed by atoms with Gasteiger partial charge in [0, 0.05) is 24.0 Å². The van der Waals surface area contributed by atoms with Crippen molar-refractivity contribution in [3.05, 3.63) is 35.5 Å². The van der Waals surface area contributed by atoms with E-state index in [4.69, 9.17) is 0 Å². The molecule has 3 heteroatoms. The Bertz CT molecular complexity index is 565. The SMILES string of the molecule is CCCN(CCC)C(=O)c1[nH]c2ccccc2c1C. The number of rotatable bonds is 5. The molecule has 1 N–H and O–H groups in total. The van der Waals surface area contributed by atoms with Crippen molar-refractivity contribution in [2.45, 2.75) is 33.6 Å². The Hall–Kier alpha value is -1.77. The predicted octanol–water partition coefficient (Wildman–Crippen LogP) is 3.74. The fraction of sp³-hybridized carbons (Fsp3) is 0.438. The van der Waals surface area contributed by atoms with Gasteiger partial charge in [0.2, 0.25) is 0 Å². The Morgan fingerprint density at radius 2 is 1.79 bits per heavy atom. The van der Waals surface area contributed by atoms with Gasteiger partial charge in [-0.25, -0.2) is 0 Å². The Balaban J connectivity index is 2.37. The van der Waals surface area contributed by atoms with Gasteiger partial charge in [0.05, 0.1) is 0 Å². The maximum atomic E-state index is 12.6. The van der Waals surface area contributed by atoms with Crippen molar-refractivity contribution in [1.29, 1.82) is 0 Å². The largest absolute Gasteiger partial charge is 0.350 e. The molecule has 1 amide bonds. The molecular formula is C16H22N2O. The van der Waals surface area contributed by atoms with Gasteiger partial charge in [-0.15, -0.1) is 0 Å². The average molecular weight is 258 g/mol. The average Bonchev–Trinajstić information content (AvgIpc) is 2.76. The number of nitrogens with zero attached hydrogens (tertiary/aromatic N) is 1. The third-order valence-electron chi connectivity index (χ3n) is 3.45. The normalized spacial score (nSPS) is 10.9. The van der Waals surface area contributed by atoms with E-state index in [1.54, 1.807) is 0 Å². The summed E-state index contributed by atoms with van der Waals surface area (Å²) in [4.78, 5) is 17.8. The van der Waals surface area contributed by atoms with E-state index >= 15 is 0 Å². The van der Waals surface area contributed by atoms with Crippen LogP contribution in [0.15, 0.2) is 24.3 Å². The van der Waals surface area contributed by atoms with Gasteiger partial charge in [-0.3, -0.25) is 4.79 Å². The number of aromatic amines is 1. The molecule has 0 bridgehead atoms. The molecule has 2 aromatic rings. The maximum Gasteiger partial charge on any atom is 0.270 e. The van der Waals surface area contributed by atoms with Crippen molar-refractivity contribution in [1.82, 2.24) is 9.88 Å². The quantitative estimate of drug-likeness (QED) is 0.871. The molecule has 1 aromatic carbocycles. The summed E-state index contributed by atoms with van der Waals surface area (Å²) in [6.45, 7) is 7.87. The zero-order valence-electron chi connectivity index (χ0n) is 12.0. The van der Waals surface area contributed by atoms with Gasteiger partial charge in [0.25, 0.3) is 5.91 Å². The molecule has 0 fully saturated rings. The minimum atomic E-state index is 0.123. The molecule has 0 saturated carbocycles. The second-order valence-corrected chi connectivity index (χ2v) is 4.96. The number of carbonyl (C=O) groups is 1. The van der Waals surface area contributed by atoms with Crippen molar-refractivity contribution in [3.63, 3.8) is 0 Å². The van der Waals surface area contributed by atoms with E-state index in [1.165, 1.54) is 0 Å². The van der Waals surface area contributed by atoms with Crippen LogP contribution in [-0.2, 0) is 0 Å². The molecule has 19 heavy (non-hydrogen) atoms. The summed E-state index contributed by atoms with van der Waals surface area (Å²) in [5, 5.41) is 1.14. The number of para-hydroxylation sites is 1. The lowest BCUT2D eigenvalue weighted by Gasteiger charge is -2.21. The van der Waals surface area contributed by atoms with Crippen LogP contribution in [0.25, 0.3) is 10.9 Å². The first-order valence-corrected chi connectivity index (χ1v) is 7.05. The van der Waals surface area contributed by atoms with Gasteiger partial charge in [-0.2, -0.15) is 0 Å². The first kappa shape index (κ1) is 13.7. The number of hydrogen-bond donors (Lipinski definition) is 1. The topological polar surface area (TPSA) is 36.1 Å². The van der Waals surface area contributed by atoms with Crippen molar-refractivity contribution in [2.24, 2.45) is 0 Å². The lowest BCUT2D eigenvalue weighted by molar-refractivity contribution is 0.0750. The number of fused-ring (bicyclic) bond motifs is 1. The van der Waals surface area contributed by atoms with E-state index < -0.39 is 0 Å². The Labute approximate surface area is 114 Å². The van der Waals surface area contributed by atoms with Crippen molar-refractivity contribution in [3.8, 4) is 0 Å². The first-order chi connectivity index (χ1) is 9.19. The summed E-state index contributed by atoms with van der Waals surface area (Å²) in [7, 11) is 0. The maximum absolute atomic E-state index is 12.6. The number of benzene rings is 1. The van der Waals surface area contributed by atoms with E-state index in [-0.39, 0.29) is 5.91 Å². The summed E-state index contributed by atoms with van der Waals surface area (Å²) >= 11 is 0. The third-order valence-corrected chi connectivity index (χ3v) is 3.45. The van der Waals surface area contributed by atoms with Crippen LogP contribution in [0.3, 0.4) is 0 Å². The van der Waals surface area contributed by atoms with Gasteiger partial charge < -0.3 is 9.88 Å². The summed E-state index contributed by atoms with van der Waals surface area (Å²) in [6.07, 6.45) is 1.98. The van der Waals surface area contributed by atoms with E-state index in [0.29, 0.717) is 0 Å². The standard InChI is InChI=1S/C16H22N2O/c1-4-10-18(11-5-2)16(19)15-12(3)13-8-6-7-9-14(13)17-15/h6-9,17H,4-5,10-11H2,1-3H3. The van der Waals surface area contributed by atoms with Gasteiger partial charge >= 0.3 is 0 Å². The number of aromatic nitrogens is 1.